The van der Waals surface area contributed by atoms with Crippen LogP contribution in [0.15, 0.2) is 41.3 Å². The molecule has 0 atom stereocenters. The number of hydrogen-bond acceptors (Lipinski definition) is 5. The van der Waals surface area contributed by atoms with Crippen LogP contribution in [0.2, 0.25) is 5.02 Å². The van der Waals surface area contributed by atoms with E-state index in [4.69, 9.17) is 16.3 Å². The summed E-state index contributed by atoms with van der Waals surface area (Å²) in [7, 11) is -2.11. The van der Waals surface area contributed by atoms with Crippen molar-refractivity contribution in [2.75, 3.05) is 13.4 Å². The van der Waals surface area contributed by atoms with E-state index in [0.29, 0.717) is 22.5 Å². The van der Waals surface area contributed by atoms with E-state index in [2.05, 4.69) is 5.10 Å². The highest BCUT2D eigenvalue weighted by atomic mass is 35.5. The first-order chi connectivity index (χ1) is 12.2. The Morgan fingerprint density at radius 3 is 2.58 bits per heavy atom. The number of esters is 1. The zero-order valence-electron chi connectivity index (χ0n) is 14.5. The average Bonchev–Trinajstić information content (AvgIpc) is 2.94. The zero-order chi connectivity index (χ0) is 19.1. The van der Waals surface area contributed by atoms with Gasteiger partial charge < -0.3 is 4.74 Å². The summed E-state index contributed by atoms with van der Waals surface area (Å²) in [6, 6.07) is 10.1. The third kappa shape index (κ3) is 3.45. The Labute approximate surface area is 156 Å². The summed E-state index contributed by atoms with van der Waals surface area (Å²) in [4.78, 5) is 12.2. The van der Waals surface area contributed by atoms with E-state index in [1.807, 2.05) is 19.1 Å². The van der Waals surface area contributed by atoms with E-state index in [0.717, 1.165) is 17.4 Å². The predicted molar refractivity (Wildman–Crippen MR) is 99.5 cm³/mol. The lowest BCUT2D eigenvalue weighted by atomic mass is 10.1. The van der Waals surface area contributed by atoms with E-state index in [9.17, 15) is 13.2 Å². The smallest absolute Gasteiger partial charge is 0.359 e. The summed E-state index contributed by atoms with van der Waals surface area (Å²) in [6.45, 7) is 2.29. The van der Waals surface area contributed by atoms with E-state index in [-0.39, 0.29) is 10.6 Å². The lowest BCUT2D eigenvalue weighted by Crippen LogP contribution is -2.07. The van der Waals surface area contributed by atoms with Gasteiger partial charge in [0.05, 0.1) is 24.1 Å². The minimum absolute atomic E-state index is 0.147. The Morgan fingerprint density at radius 1 is 1.23 bits per heavy atom. The van der Waals surface area contributed by atoms with E-state index >= 15 is 0 Å². The number of carbonyl (C=O) groups is 1. The minimum atomic E-state index is -3.39. The van der Waals surface area contributed by atoms with Gasteiger partial charge in [0.15, 0.2) is 15.5 Å². The van der Waals surface area contributed by atoms with Crippen LogP contribution >= 0.6 is 11.6 Å². The van der Waals surface area contributed by atoms with Crippen LogP contribution in [0.3, 0.4) is 0 Å². The van der Waals surface area contributed by atoms with Gasteiger partial charge in [-0.05, 0) is 48.4 Å². The number of halogens is 1. The lowest BCUT2D eigenvalue weighted by molar-refractivity contribution is 0.0595. The molecular weight excluding hydrogens is 376 g/mol. The van der Waals surface area contributed by atoms with E-state index < -0.39 is 15.8 Å². The first-order valence-electron chi connectivity index (χ1n) is 7.74. The maximum absolute atomic E-state index is 12.1. The molecule has 0 bridgehead atoms. The van der Waals surface area contributed by atoms with Gasteiger partial charge in [-0.3, -0.25) is 4.68 Å². The van der Waals surface area contributed by atoms with Gasteiger partial charge in [-0.15, -0.1) is 0 Å². The molecule has 0 unspecified atom stereocenters. The topological polar surface area (TPSA) is 78.3 Å². The van der Waals surface area contributed by atoms with E-state index in [1.54, 1.807) is 16.8 Å². The van der Waals surface area contributed by atoms with Crippen LogP contribution in [0.1, 0.15) is 21.6 Å². The second-order valence-electron chi connectivity index (χ2n) is 6.02. The number of hydrogen-bond donors (Lipinski definition) is 0. The van der Waals surface area contributed by atoms with Crippen molar-refractivity contribution in [1.29, 1.82) is 0 Å². The van der Waals surface area contributed by atoms with Gasteiger partial charge in [-0.25, -0.2) is 13.2 Å². The molecule has 136 valence electrons. The maximum atomic E-state index is 12.1. The monoisotopic (exact) mass is 392 g/mol. The number of benzene rings is 2. The second-order valence-corrected chi connectivity index (χ2v) is 8.47. The number of nitrogens with zero attached hydrogens (tertiary/aromatic N) is 2. The van der Waals surface area contributed by atoms with Crippen molar-refractivity contribution < 1.29 is 17.9 Å². The van der Waals surface area contributed by atoms with Crippen LogP contribution in [0.4, 0.5) is 0 Å². The Morgan fingerprint density at radius 2 is 1.96 bits per heavy atom. The van der Waals surface area contributed by atoms with Crippen molar-refractivity contribution >= 4 is 38.3 Å². The van der Waals surface area contributed by atoms with Gasteiger partial charge in [0.25, 0.3) is 0 Å². The highest BCUT2D eigenvalue weighted by molar-refractivity contribution is 7.90. The number of carbonyl (C=O) groups excluding carboxylic acids is 1. The summed E-state index contributed by atoms with van der Waals surface area (Å²) in [5.74, 6) is -0.575. The first-order valence-corrected chi connectivity index (χ1v) is 10.0. The SMILES string of the molecule is COC(=O)c1nn(Cc2ccc(Cl)cc2C)c2cc(S(C)(=O)=O)ccc12. The summed E-state index contributed by atoms with van der Waals surface area (Å²) in [5, 5.41) is 5.52. The molecule has 2 aromatic carbocycles. The number of aromatic nitrogens is 2. The molecule has 26 heavy (non-hydrogen) atoms. The minimum Gasteiger partial charge on any atom is -0.464 e. The molecule has 0 aliphatic rings. The van der Waals surface area contributed by atoms with Crippen LogP contribution in [0, 0.1) is 6.92 Å². The van der Waals surface area contributed by atoms with Crippen molar-refractivity contribution in [3.63, 3.8) is 0 Å². The molecule has 0 saturated heterocycles. The maximum Gasteiger partial charge on any atom is 0.359 e. The summed E-state index contributed by atoms with van der Waals surface area (Å²) in [6.07, 6.45) is 1.14. The third-order valence-corrected chi connectivity index (χ3v) is 5.50. The molecule has 8 heteroatoms. The van der Waals surface area contributed by atoms with Gasteiger partial charge in [0.1, 0.15) is 0 Å². The molecule has 0 spiro atoms. The van der Waals surface area contributed by atoms with Gasteiger partial charge in [-0.2, -0.15) is 5.10 Å². The number of sulfone groups is 1. The number of fused-ring (bicyclic) bond motifs is 1. The Hall–Kier alpha value is -2.38. The van der Waals surface area contributed by atoms with Gasteiger partial charge >= 0.3 is 5.97 Å². The summed E-state index contributed by atoms with van der Waals surface area (Å²) in [5.41, 5.74) is 2.62. The van der Waals surface area contributed by atoms with Crippen LogP contribution in [-0.4, -0.2) is 37.5 Å². The molecule has 0 aliphatic heterocycles. The molecule has 1 aromatic heterocycles. The molecular formula is C18H17ClN2O4S. The number of aryl methyl sites for hydroxylation is 1. The fraction of sp³-hybridized carbons (Fsp3) is 0.222. The van der Waals surface area contributed by atoms with Crippen molar-refractivity contribution in [1.82, 2.24) is 9.78 Å². The fourth-order valence-electron chi connectivity index (χ4n) is 2.75. The third-order valence-electron chi connectivity index (χ3n) is 4.15. The molecule has 3 aromatic rings. The van der Waals surface area contributed by atoms with Crippen molar-refractivity contribution in [3.05, 3.63) is 58.2 Å². The number of methoxy groups -OCH3 is 1. The number of ether oxygens (including phenoxy) is 1. The van der Waals surface area contributed by atoms with Crippen molar-refractivity contribution in [2.24, 2.45) is 0 Å². The quantitative estimate of drug-likeness (QED) is 0.637. The fourth-order valence-corrected chi connectivity index (χ4v) is 3.62. The van der Waals surface area contributed by atoms with Crippen molar-refractivity contribution in [2.45, 2.75) is 18.4 Å². The normalized spacial score (nSPS) is 11.7. The van der Waals surface area contributed by atoms with Gasteiger partial charge in [0, 0.05) is 16.7 Å². The van der Waals surface area contributed by atoms with Crippen LogP contribution in [-0.2, 0) is 21.1 Å². The van der Waals surface area contributed by atoms with Crippen LogP contribution in [0.25, 0.3) is 10.9 Å². The molecule has 0 aliphatic carbocycles. The van der Waals surface area contributed by atoms with Crippen LogP contribution < -0.4 is 0 Å². The Kier molecular flexibility index (Phi) is 4.77. The molecule has 3 rings (SSSR count). The summed E-state index contributed by atoms with van der Waals surface area (Å²) < 4.78 is 30.2. The Bertz CT molecular complexity index is 1120. The second kappa shape index (κ2) is 6.74. The van der Waals surface area contributed by atoms with Gasteiger partial charge in [0.2, 0.25) is 0 Å². The highest BCUT2D eigenvalue weighted by Gasteiger charge is 2.20. The predicted octanol–water partition coefficient (Wildman–Crippen LogP) is 3.24. The number of rotatable bonds is 4. The first kappa shape index (κ1) is 18.4. The highest BCUT2D eigenvalue weighted by Crippen LogP contribution is 2.25. The van der Waals surface area contributed by atoms with Crippen LogP contribution in [0.5, 0.6) is 0 Å². The molecule has 1 heterocycles. The van der Waals surface area contributed by atoms with E-state index in [1.165, 1.54) is 19.2 Å². The molecule has 6 nitrogen and oxygen atoms in total. The molecule has 0 fully saturated rings. The molecule has 0 saturated carbocycles. The summed E-state index contributed by atoms with van der Waals surface area (Å²) >= 11 is 6.00. The Balaban J connectivity index is 2.20. The molecule has 0 radical (unpaired) electrons. The lowest BCUT2D eigenvalue weighted by Gasteiger charge is -2.08. The standard InChI is InChI=1S/C18H17ClN2O4S/c1-11-8-13(19)5-4-12(11)10-21-16-9-14(26(3,23)24)6-7-15(16)17(20-21)18(22)25-2/h4-9H,10H2,1-3H3. The largest absolute Gasteiger partial charge is 0.464 e. The van der Waals surface area contributed by atoms with Gasteiger partial charge in [-0.1, -0.05) is 17.7 Å². The molecule has 0 amide bonds. The average molecular weight is 393 g/mol. The zero-order valence-corrected chi connectivity index (χ0v) is 16.1. The van der Waals surface area contributed by atoms with Crippen molar-refractivity contribution in [3.8, 4) is 0 Å². The molecule has 0 N–H and O–H groups in total.